The van der Waals surface area contributed by atoms with Crippen LogP contribution in [0.4, 0.5) is 0 Å². The van der Waals surface area contributed by atoms with Gasteiger partial charge in [0.05, 0.1) is 24.9 Å². The molecule has 1 rings (SSSR count). The summed E-state index contributed by atoms with van der Waals surface area (Å²) in [7, 11) is 0. The first-order chi connectivity index (χ1) is 16.3. The molecule has 1 heterocycles. The zero-order valence-corrected chi connectivity index (χ0v) is 18.6. The maximum Gasteiger partial charge on any atom is 0.328 e. The fraction of sp³-hybridized carbons (Fsp3) is 0.526. The van der Waals surface area contributed by atoms with Crippen molar-refractivity contribution in [3.63, 3.8) is 0 Å². The van der Waals surface area contributed by atoms with E-state index < -0.39 is 78.7 Å². The van der Waals surface area contributed by atoms with Crippen LogP contribution in [0.2, 0.25) is 0 Å². The van der Waals surface area contributed by atoms with Gasteiger partial charge in [-0.3, -0.25) is 24.0 Å². The van der Waals surface area contributed by atoms with Gasteiger partial charge in [-0.1, -0.05) is 0 Å². The van der Waals surface area contributed by atoms with Gasteiger partial charge >= 0.3 is 17.9 Å². The average molecular weight is 500 g/mol. The number of nitrogens with zero attached hydrogens (tertiary/aromatic N) is 1. The number of aliphatic carboxylic acids is 3. The minimum absolute atomic E-state index is 0.184. The number of hydrogen-bond acceptors (Lipinski definition) is 9. The molecule has 10 N–H and O–H groups in total. The van der Waals surface area contributed by atoms with Gasteiger partial charge in [-0.25, -0.2) is 9.78 Å². The second-order valence-electron chi connectivity index (χ2n) is 7.61. The molecule has 16 heteroatoms. The first-order valence-corrected chi connectivity index (χ1v) is 10.3. The molecule has 0 aromatic carbocycles. The van der Waals surface area contributed by atoms with Gasteiger partial charge in [0.25, 0.3) is 0 Å². The quantitative estimate of drug-likeness (QED) is 0.114. The summed E-state index contributed by atoms with van der Waals surface area (Å²) in [5.74, 6) is -7.35. The number of aliphatic hydroxyl groups is 1. The SMILES string of the molecule is CC(O)C(NC(=O)C(CC(=O)O)NC(=O)C(Cc1cnc[nH]1)NC(=O)C(N)CCC(=O)O)C(=O)O. The lowest BCUT2D eigenvalue weighted by atomic mass is 10.1. The Balaban J connectivity index is 3.05. The number of carbonyl (C=O) groups excluding carboxylic acids is 3. The van der Waals surface area contributed by atoms with Gasteiger partial charge in [-0.15, -0.1) is 0 Å². The molecule has 1 aromatic rings. The molecule has 1 aromatic heterocycles. The maximum absolute atomic E-state index is 12.9. The number of nitrogens with one attached hydrogen (secondary N) is 4. The Morgan fingerprint density at radius 3 is 2.06 bits per heavy atom. The summed E-state index contributed by atoms with van der Waals surface area (Å²) >= 11 is 0. The van der Waals surface area contributed by atoms with Gasteiger partial charge in [-0.2, -0.15) is 0 Å². The summed E-state index contributed by atoms with van der Waals surface area (Å²) in [6.07, 6.45) is -0.633. The minimum Gasteiger partial charge on any atom is -0.481 e. The van der Waals surface area contributed by atoms with Gasteiger partial charge in [0.2, 0.25) is 17.7 Å². The Labute approximate surface area is 198 Å². The smallest absolute Gasteiger partial charge is 0.328 e. The van der Waals surface area contributed by atoms with Crippen LogP contribution in [0.5, 0.6) is 0 Å². The van der Waals surface area contributed by atoms with Crippen molar-refractivity contribution in [1.29, 1.82) is 0 Å². The zero-order chi connectivity index (χ0) is 26.7. The van der Waals surface area contributed by atoms with Crippen molar-refractivity contribution >= 4 is 35.6 Å². The molecule has 194 valence electrons. The van der Waals surface area contributed by atoms with E-state index in [1.54, 1.807) is 0 Å². The van der Waals surface area contributed by atoms with Crippen molar-refractivity contribution in [3.8, 4) is 0 Å². The number of aliphatic hydroxyl groups excluding tert-OH is 1. The van der Waals surface area contributed by atoms with Crippen LogP contribution in [-0.4, -0.2) is 96.3 Å². The van der Waals surface area contributed by atoms with Crippen LogP contribution >= 0.6 is 0 Å². The van der Waals surface area contributed by atoms with Crippen LogP contribution in [0, 0.1) is 0 Å². The molecule has 16 nitrogen and oxygen atoms in total. The predicted octanol–water partition coefficient (Wildman–Crippen LogP) is -3.46. The maximum atomic E-state index is 12.9. The van der Waals surface area contributed by atoms with Crippen molar-refractivity contribution < 1.29 is 49.2 Å². The normalized spacial score (nSPS) is 15.1. The van der Waals surface area contributed by atoms with Gasteiger partial charge in [0.1, 0.15) is 12.1 Å². The van der Waals surface area contributed by atoms with E-state index in [9.17, 15) is 33.9 Å². The van der Waals surface area contributed by atoms with Crippen LogP contribution in [-0.2, 0) is 35.2 Å². The molecule has 0 saturated heterocycles. The highest BCUT2D eigenvalue weighted by molar-refractivity contribution is 5.95. The molecule has 35 heavy (non-hydrogen) atoms. The van der Waals surface area contributed by atoms with Gasteiger partial charge < -0.3 is 47.1 Å². The van der Waals surface area contributed by atoms with Crippen LogP contribution in [0.1, 0.15) is 31.9 Å². The number of H-pyrrole nitrogens is 1. The fourth-order valence-corrected chi connectivity index (χ4v) is 2.81. The molecule has 5 atom stereocenters. The molecule has 0 aliphatic carbocycles. The number of aromatic amines is 1. The second-order valence-corrected chi connectivity index (χ2v) is 7.61. The highest BCUT2D eigenvalue weighted by Crippen LogP contribution is 2.04. The first-order valence-electron chi connectivity index (χ1n) is 10.3. The number of imidazole rings is 1. The largest absolute Gasteiger partial charge is 0.481 e. The number of hydrogen-bond donors (Lipinski definition) is 9. The van der Waals surface area contributed by atoms with Gasteiger partial charge in [0.15, 0.2) is 6.04 Å². The summed E-state index contributed by atoms with van der Waals surface area (Å²) in [5.41, 5.74) is 6.04. The topological polar surface area (TPSA) is 274 Å². The van der Waals surface area contributed by atoms with Crippen molar-refractivity contribution in [2.45, 2.75) is 62.9 Å². The Bertz CT molecular complexity index is 919. The number of amides is 3. The average Bonchev–Trinajstić information content (AvgIpc) is 3.26. The summed E-state index contributed by atoms with van der Waals surface area (Å²) in [6.45, 7) is 1.09. The number of aromatic nitrogens is 2. The molecule has 0 radical (unpaired) electrons. The Kier molecular flexibility index (Phi) is 11.3. The molecule has 3 amide bonds. The van der Waals surface area contributed by atoms with Crippen molar-refractivity contribution in [2.75, 3.05) is 0 Å². The molecule has 0 aliphatic rings. The van der Waals surface area contributed by atoms with Crippen molar-refractivity contribution in [3.05, 3.63) is 18.2 Å². The van der Waals surface area contributed by atoms with E-state index in [2.05, 4.69) is 20.6 Å². The van der Waals surface area contributed by atoms with Crippen LogP contribution in [0.25, 0.3) is 0 Å². The molecule has 0 bridgehead atoms. The third-order valence-electron chi connectivity index (χ3n) is 4.68. The van der Waals surface area contributed by atoms with E-state index in [1.165, 1.54) is 12.5 Å². The van der Waals surface area contributed by atoms with Crippen molar-refractivity contribution in [1.82, 2.24) is 25.9 Å². The Morgan fingerprint density at radius 1 is 0.971 bits per heavy atom. The van der Waals surface area contributed by atoms with E-state index in [0.29, 0.717) is 5.69 Å². The van der Waals surface area contributed by atoms with Crippen LogP contribution in [0.15, 0.2) is 12.5 Å². The van der Waals surface area contributed by atoms with Crippen LogP contribution < -0.4 is 21.7 Å². The molecular formula is C19H28N6O10. The predicted molar refractivity (Wildman–Crippen MR) is 114 cm³/mol. The lowest BCUT2D eigenvalue weighted by Crippen LogP contribution is -2.59. The molecular weight excluding hydrogens is 472 g/mol. The Morgan fingerprint density at radius 2 is 1.57 bits per heavy atom. The van der Waals surface area contributed by atoms with Crippen molar-refractivity contribution in [2.24, 2.45) is 5.73 Å². The lowest BCUT2D eigenvalue weighted by Gasteiger charge is -2.25. The van der Waals surface area contributed by atoms with E-state index >= 15 is 0 Å². The van der Waals surface area contributed by atoms with E-state index in [-0.39, 0.29) is 12.8 Å². The summed E-state index contributed by atoms with van der Waals surface area (Å²) in [6, 6.07) is -6.20. The fourth-order valence-electron chi connectivity index (χ4n) is 2.81. The number of rotatable bonds is 15. The number of carbonyl (C=O) groups is 6. The number of carboxylic acids is 3. The molecule has 0 spiro atoms. The molecule has 0 aliphatic heterocycles. The van der Waals surface area contributed by atoms with Gasteiger partial charge in [-0.05, 0) is 13.3 Å². The second kappa shape index (κ2) is 13.6. The summed E-state index contributed by atoms with van der Waals surface area (Å²) < 4.78 is 0. The zero-order valence-electron chi connectivity index (χ0n) is 18.6. The monoisotopic (exact) mass is 500 g/mol. The third kappa shape index (κ3) is 10.2. The highest BCUT2D eigenvalue weighted by atomic mass is 16.4. The van der Waals surface area contributed by atoms with E-state index in [1.807, 2.05) is 5.32 Å². The summed E-state index contributed by atoms with van der Waals surface area (Å²) in [4.78, 5) is 77.4. The molecule has 0 saturated carbocycles. The third-order valence-corrected chi connectivity index (χ3v) is 4.68. The first kappa shape index (κ1) is 29.0. The van der Waals surface area contributed by atoms with Gasteiger partial charge in [0, 0.05) is 24.7 Å². The standard InChI is InChI=1S/C19H28N6O10/c1-8(26)15(19(34)35)25-18(33)12(5-14(29)30)24-17(32)11(4-9-6-21-7-22-9)23-16(31)10(20)2-3-13(27)28/h6-8,10-12,15,26H,2-5,20H2,1H3,(H,21,22)(H,23,31)(H,24,32)(H,25,33)(H,27,28)(H,29,30)(H,34,35). The lowest BCUT2D eigenvalue weighted by molar-refractivity contribution is -0.146. The number of nitrogens with two attached hydrogens (primary N) is 1. The number of carboxylic acid groups (broad SMARTS) is 3. The highest BCUT2D eigenvalue weighted by Gasteiger charge is 2.33. The van der Waals surface area contributed by atoms with Crippen LogP contribution in [0.3, 0.4) is 0 Å². The summed E-state index contributed by atoms with van der Waals surface area (Å²) in [5, 5.41) is 42.9. The minimum atomic E-state index is -1.77. The molecule has 0 fully saturated rings. The van der Waals surface area contributed by atoms with E-state index in [0.717, 1.165) is 6.92 Å². The Hall–Kier alpha value is -4.05. The molecule has 5 unspecified atom stereocenters. The van der Waals surface area contributed by atoms with E-state index in [4.69, 9.17) is 21.1 Å².